The molecule has 0 amide bonds. The molecule has 1 aliphatic rings. The molecule has 4 nitrogen and oxygen atoms in total. The molecule has 1 unspecified atom stereocenters. The fraction of sp³-hybridized carbons (Fsp3) is 0.500. The van der Waals surface area contributed by atoms with Crippen molar-refractivity contribution in [2.24, 2.45) is 0 Å². The number of carbonyl (C=O) groups is 1. The van der Waals surface area contributed by atoms with Crippen molar-refractivity contribution >= 4 is 5.97 Å². The maximum atomic E-state index is 11.1. The van der Waals surface area contributed by atoms with E-state index in [0.29, 0.717) is 13.0 Å². The number of fused-ring (bicyclic) bond motifs is 1. The summed E-state index contributed by atoms with van der Waals surface area (Å²) in [6.07, 6.45) is 1.55. The number of esters is 1. The van der Waals surface area contributed by atoms with Gasteiger partial charge in [0, 0.05) is 19.5 Å². The van der Waals surface area contributed by atoms with E-state index < -0.39 is 0 Å². The molecule has 1 atom stereocenters. The zero-order chi connectivity index (χ0) is 13.0. The third kappa shape index (κ3) is 3.23. The second-order valence-electron chi connectivity index (χ2n) is 4.64. The summed E-state index contributed by atoms with van der Waals surface area (Å²) < 4.78 is 10.5. The molecule has 0 saturated carbocycles. The van der Waals surface area contributed by atoms with Crippen molar-refractivity contribution < 1.29 is 14.3 Å². The van der Waals surface area contributed by atoms with Crippen LogP contribution in [-0.2, 0) is 16.0 Å². The van der Waals surface area contributed by atoms with Crippen molar-refractivity contribution in [3.8, 4) is 5.75 Å². The Morgan fingerprint density at radius 2 is 2.28 bits per heavy atom. The highest BCUT2D eigenvalue weighted by Gasteiger charge is 2.23. The van der Waals surface area contributed by atoms with Gasteiger partial charge in [-0.3, -0.25) is 4.79 Å². The van der Waals surface area contributed by atoms with Crippen LogP contribution in [0.2, 0.25) is 0 Å². The molecule has 1 aliphatic heterocycles. The molecular weight excluding hydrogens is 230 g/mol. The van der Waals surface area contributed by atoms with Crippen LogP contribution in [0.5, 0.6) is 5.75 Å². The van der Waals surface area contributed by atoms with E-state index in [-0.39, 0.29) is 12.1 Å². The Labute approximate surface area is 107 Å². The van der Waals surface area contributed by atoms with Gasteiger partial charge in [-0.15, -0.1) is 0 Å². The van der Waals surface area contributed by atoms with Gasteiger partial charge in [-0.2, -0.15) is 0 Å². The van der Waals surface area contributed by atoms with Crippen LogP contribution in [0.4, 0.5) is 0 Å². The highest BCUT2D eigenvalue weighted by molar-refractivity contribution is 5.69. The van der Waals surface area contributed by atoms with Crippen molar-refractivity contribution in [2.45, 2.75) is 18.9 Å². The van der Waals surface area contributed by atoms with Crippen molar-refractivity contribution in [1.82, 2.24) is 4.90 Å². The summed E-state index contributed by atoms with van der Waals surface area (Å²) in [6, 6.07) is 8.13. The Bertz CT molecular complexity index is 394. The zero-order valence-corrected chi connectivity index (χ0v) is 10.9. The van der Waals surface area contributed by atoms with Gasteiger partial charge in [-0.1, -0.05) is 18.2 Å². The second-order valence-corrected chi connectivity index (χ2v) is 4.64. The molecule has 98 valence electrons. The van der Waals surface area contributed by atoms with Gasteiger partial charge in [0.25, 0.3) is 0 Å². The van der Waals surface area contributed by atoms with Gasteiger partial charge in [0.15, 0.2) is 0 Å². The van der Waals surface area contributed by atoms with Gasteiger partial charge in [0.2, 0.25) is 0 Å². The number of likely N-dealkylation sites (N-methyl/N-ethyl adjacent to an activating group) is 1. The molecule has 0 fully saturated rings. The molecule has 0 radical (unpaired) electrons. The number of nitrogens with zero attached hydrogens (tertiary/aromatic N) is 1. The maximum absolute atomic E-state index is 11.1. The van der Waals surface area contributed by atoms with Crippen molar-refractivity contribution in [1.29, 1.82) is 0 Å². The highest BCUT2D eigenvalue weighted by Crippen LogP contribution is 2.28. The SMILES string of the molecule is COC(=O)CCN(C)CC1Cc2ccccc2O1. The molecule has 4 heteroatoms. The summed E-state index contributed by atoms with van der Waals surface area (Å²) in [4.78, 5) is 13.2. The molecule has 1 aromatic carbocycles. The Balaban J connectivity index is 1.77. The minimum atomic E-state index is -0.169. The fourth-order valence-corrected chi connectivity index (χ4v) is 2.18. The first kappa shape index (κ1) is 12.9. The maximum Gasteiger partial charge on any atom is 0.306 e. The summed E-state index contributed by atoms with van der Waals surface area (Å²) in [6.45, 7) is 1.52. The summed E-state index contributed by atoms with van der Waals surface area (Å²) in [5.74, 6) is 0.821. The zero-order valence-electron chi connectivity index (χ0n) is 10.9. The largest absolute Gasteiger partial charge is 0.488 e. The van der Waals surface area contributed by atoms with Crippen LogP contribution in [0, 0.1) is 0 Å². The number of para-hydroxylation sites is 1. The molecule has 0 saturated heterocycles. The average molecular weight is 249 g/mol. The second kappa shape index (κ2) is 5.87. The number of hydrogen-bond acceptors (Lipinski definition) is 4. The molecule has 0 aliphatic carbocycles. The lowest BCUT2D eigenvalue weighted by molar-refractivity contribution is -0.140. The predicted molar refractivity (Wildman–Crippen MR) is 68.7 cm³/mol. The lowest BCUT2D eigenvalue weighted by Crippen LogP contribution is -2.33. The first-order chi connectivity index (χ1) is 8.69. The molecule has 0 N–H and O–H groups in total. The van der Waals surface area contributed by atoms with Crippen molar-refractivity contribution in [2.75, 3.05) is 27.2 Å². The lowest BCUT2D eigenvalue weighted by atomic mass is 10.1. The van der Waals surface area contributed by atoms with Crippen LogP contribution < -0.4 is 4.74 Å². The molecule has 1 aromatic rings. The van der Waals surface area contributed by atoms with E-state index in [9.17, 15) is 4.79 Å². The quantitative estimate of drug-likeness (QED) is 0.741. The number of rotatable bonds is 5. The summed E-state index contributed by atoms with van der Waals surface area (Å²) in [5.41, 5.74) is 1.27. The van der Waals surface area contributed by atoms with E-state index in [4.69, 9.17) is 4.74 Å². The Kier molecular flexibility index (Phi) is 4.20. The average Bonchev–Trinajstić information content (AvgIpc) is 2.77. The molecule has 0 aromatic heterocycles. The first-order valence-corrected chi connectivity index (χ1v) is 6.19. The van der Waals surface area contributed by atoms with Crippen molar-refractivity contribution in [3.05, 3.63) is 29.8 Å². The van der Waals surface area contributed by atoms with E-state index in [1.165, 1.54) is 12.7 Å². The summed E-state index contributed by atoms with van der Waals surface area (Å²) in [5, 5.41) is 0. The van der Waals surface area contributed by atoms with Gasteiger partial charge in [0.1, 0.15) is 11.9 Å². The highest BCUT2D eigenvalue weighted by atomic mass is 16.5. The molecule has 0 spiro atoms. The van der Waals surface area contributed by atoms with E-state index >= 15 is 0 Å². The Hall–Kier alpha value is -1.55. The van der Waals surface area contributed by atoms with Crippen LogP contribution in [0.1, 0.15) is 12.0 Å². The topological polar surface area (TPSA) is 38.8 Å². The van der Waals surface area contributed by atoms with E-state index in [1.807, 2.05) is 25.2 Å². The monoisotopic (exact) mass is 249 g/mol. The molecule has 2 rings (SSSR count). The number of methoxy groups -OCH3 is 1. The number of hydrogen-bond donors (Lipinski definition) is 0. The Morgan fingerprint density at radius 1 is 1.50 bits per heavy atom. The minimum Gasteiger partial charge on any atom is -0.488 e. The van der Waals surface area contributed by atoms with Crippen LogP contribution in [0.25, 0.3) is 0 Å². The minimum absolute atomic E-state index is 0.169. The smallest absolute Gasteiger partial charge is 0.306 e. The van der Waals surface area contributed by atoms with Gasteiger partial charge < -0.3 is 14.4 Å². The molecule has 1 heterocycles. The van der Waals surface area contributed by atoms with Crippen molar-refractivity contribution in [3.63, 3.8) is 0 Å². The van der Waals surface area contributed by atoms with E-state index in [1.54, 1.807) is 0 Å². The Morgan fingerprint density at radius 3 is 3.00 bits per heavy atom. The van der Waals surface area contributed by atoms with Gasteiger partial charge >= 0.3 is 5.97 Å². The van der Waals surface area contributed by atoms with Gasteiger partial charge in [-0.05, 0) is 18.7 Å². The van der Waals surface area contributed by atoms with Crippen LogP contribution >= 0.6 is 0 Å². The van der Waals surface area contributed by atoms with Gasteiger partial charge in [0.05, 0.1) is 13.5 Å². The lowest BCUT2D eigenvalue weighted by Gasteiger charge is -2.20. The van der Waals surface area contributed by atoms with Gasteiger partial charge in [-0.25, -0.2) is 0 Å². The molecule has 0 bridgehead atoms. The third-order valence-corrected chi connectivity index (χ3v) is 3.15. The van der Waals surface area contributed by atoms with E-state index in [2.05, 4.69) is 15.7 Å². The number of benzene rings is 1. The normalized spacial score (nSPS) is 17.4. The van der Waals surface area contributed by atoms with E-state index in [0.717, 1.165) is 18.7 Å². The molecular formula is C14H19NO3. The summed E-state index contributed by atoms with van der Waals surface area (Å²) in [7, 11) is 3.41. The number of carbonyl (C=O) groups excluding carboxylic acids is 1. The molecule has 18 heavy (non-hydrogen) atoms. The van der Waals surface area contributed by atoms with Crippen LogP contribution in [0.15, 0.2) is 24.3 Å². The fourth-order valence-electron chi connectivity index (χ4n) is 2.18. The predicted octanol–water partition coefficient (Wildman–Crippen LogP) is 1.48. The van der Waals surface area contributed by atoms with Crippen LogP contribution in [0.3, 0.4) is 0 Å². The number of ether oxygens (including phenoxy) is 2. The first-order valence-electron chi connectivity index (χ1n) is 6.19. The summed E-state index contributed by atoms with van der Waals surface area (Å²) >= 11 is 0. The van der Waals surface area contributed by atoms with Crippen LogP contribution in [-0.4, -0.2) is 44.2 Å². The standard InChI is InChI=1S/C14H19NO3/c1-15(8-7-14(16)17-2)10-12-9-11-5-3-4-6-13(11)18-12/h3-6,12H,7-10H2,1-2H3. The third-order valence-electron chi connectivity index (χ3n) is 3.15.